The molecule has 0 atom stereocenters. The van der Waals surface area contributed by atoms with E-state index in [-0.39, 0.29) is 24.8 Å². The van der Waals surface area contributed by atoms with Crippen molar-refractivity contribution in [3.05, 3.63) is 0 Å². The van der Waals surface area contributed by atoms with Crippen molar-refractivity contribution in [3.63, 3.8) is 0 Å². The molecule has 1 rings (SSSR count). The van der Waals surface area contributed by atoms with Gasteiger partial charge in [0.05, 0.1) is 0 Å². The SMILES string of the molecule is CN1CCN(CCCBr)CC1.Cl.Cl. The second-order valence-corrected chi connectivity index (χ2v) is 3.98. The summed E-state index contributed by atoms with van der Waals surface area (Å²) in [7, 11) is 2.20. The maximum atomic E-state index is 3.45. The molecule has 0 amide bonds. The average Bonchev–Trinajstić information content (AvgIpc) is 2.04. The van der Waals surface area contributed by atoms with Crippen LogP contribution in [0.4, 0.5) is 0 Å². The zero-order chi connectivity index (χ0) is 8.10. The lowest BCUT2D eigenvalue weighted by Crippen LogP contribution is -2.44. The van der Waals surface area contributed by atoms with E-state index in [2.05, 4.69) is 32.8 Å². The number of halogens is 3. The van der Waals surface area contributed by atoms with Crippen LogP contribution in [0.3, 0.4) is 0 Å². The molecule has 1 aliphatic heterocycles. The van der Waals surface area contributed by atoms with Crippen LogP contribution in [-0.4, -0.2) is 54.9 Å². The van der Waals surface area contributed by atoms with Gasteiger partial charge in [0, 0.05) is 31.5 Å². The molecule has 0 aliphatic carbocycles. The van der Waals surface area contributed by atoms with Crippen molar-refractivity contribution in [3.8, 4) is 0 Å². The molecule has 0 saturated carbocycles. The molecular formula is C8H19BrCl2N2. The molecule has 1 saturated heterocycles. The zero-order valence-corrected chi connectivity index (χ0v) is 11.3. The van der Waals surface area contributed by atoms with Gasteiger partial charge in [0.15, 0.2) is 0 Å². The van der Waals surface area contributed by atoms with E-state index in [1.165, 1.54) is 39.1 Å². The largest absolute Gasteiger partial charge is 0.304 e. The van der Waals surface area contributed by atoms with Crippen molar-refractivity contribution in [1.29, 1.82) is 0 Å². The Morgan fingerprint density at radius 2 is 1.62 bits per heavy atom. The van der Waals surface area contributed by atoms with Gasteiger partial charge in [-0.05, 0) is 20.0 Å². The molecule has 0 aromatic heterocycles. The Hall–Kier alpha value is 0.980. The van der Waals surface area contributed by atoms with Crippen LogP contribution in [0.25, 0.3) is 0 Å². The summed E-state index contributed by atoms with van der Waals surface area (Å²) in [6.07, 6.45) is 1.28. The van der Waals surface area contributed by atoms with Gasteiger partial charge in [0.2, 0.25) is 0 Å². The first kappa shape index (κ1) is 16.4. The van der Waals surface area contributed by atoms with E-state index in [1.54, 1.807) is 0 Å². The third kappa shape index (κ3) is 6.97. The Labute approximate surface area is 102 Å². The lowest BCUT2D eigenvalue weighted by Gasteiger charge is -2.32. The zero-order valence-electron chi connectivity index (χ0n) is 8.04. The van der Waals surface area contributed by atoms with Crippen LogP contribution >= 0.6 is 40.7 Å². The highest BCUT2D eigenvalue weighted by Crippen LogP contribution is 2.00. The number of hydrogen-bond donors (Lipinski definition) is 0. The quantitative estimate of drug-likeness (QED) is 0.733. The second-order valence-electron chi connectivity index (χ2n) is 3.19. The summed E-state index contributed by atoms with van der Waals surface area (Å²) in [4.78, 5) is 4.94. The first-order valence-electron chi connectivity index (χ1n) is 4.30. The van der Waals surface area contributed by atoms with E-state index in [0.29, 0.717) is 0 Å². The molecule has 0 N–H and O–H groups in total. The van der Waals surface area contributed by atoms with Crippen LogP contribution in [0, 0.1) is 0 Å². The molecule has 0 radical (unpaired) electrons. The minimum atomic E-state index is 0. The first-order valence-corrected chi connectivity index (χ1v) is 5.42. The Morgan fingerprint density at radius 3 is 2.08 bits per heavy atom. The van der Waals surface area contributed by atoms with Gasteiger partial charge in [-0.25, -0.2) is 0 Å². The van der Waals surface area contributed by atoms with Crippen molar-refractivity contribution >= 4 is 40.7 Å². The van der Waals surface area contributed by atoms with Gasteiger partial charge in [0.25, 0.3) is 0 Å². The fourth-order valence-electron chi connectivity index (χ4n) is 1.35. The number of likely N-dealkylation sites (N-methyl/N-ethyl adjacent to an activating group) is 1. The Balaban J connectivity index is 0. The monoisotopic (exact) mass is 292 g/mol. The number of hydrogen-bond acceptors (Lipinski definition) is 2. The molecule has 1 heterocycles. The van der Waals surface area contributed by atoms with E-state index in [4.69, 9.17) is 0 Å². The fraction of sp³-hybridized carbons (Fsp3) is 1.00. The maximum Gasteiger partial charge on any atom is 0.0110 e. The minimum Gasteiger partial charge on any atom is -0.304 e. The number of alkyl halides is 1. The van der Waals surface area contributed by atoms with E-state index in [0.717, 1.165) is 5.33 Å². The fourth-order valence-corrected chi connectivity index (χ4v) is 1.61. The molecule has 13 heavy (non-hydrogen) atoms. The average molecular weight is 294 g/mol. The van der Waals surface area contributed by atoms with Gasteiger partial charge in [-0.2, -0.15) is 0 Å². The van der Waals surface area contributed by atoms with Gasteiger partial charge >= 0.3 is 0 Å². The van der Waals surface area contributed by atoms with E-state index in [9.17, 15) is 0 Å². The summed E-state index contributed by atoms with van der Waals surface area (Å²) >= 11 is 3.45. The third-order valence-corrected chi connectivity index (χ3v) is 2.76. The van der Waals surface area contributed by atoms with E-state index < -0.39 is 0 Å². The molecule has 0 bridgehead atoms. The van der Waals surface area contributed by atoms with Gasteiger partial charge in [-0.3, -0.25) is 0 Å². The summed E-state index contributed by atoms with van der Waals surface area (Å²) in [5.41, 5.74) is 0. The molecule has 1 aliphatic rings. The van der Waals surface area contributed by atoms with Crippen molar-refractivity contribution < 1.29 is 0 Å². The highest BCUT2D eigenvalue weighted by atomic mass is 79.9. The molecule has 0 aromatic carbocycles. The van der Waals surface area contributed by atoms with E-state index >= 15 is 0 Å². The Morgan fingerprint density at radius 1 is 1.08 bits per heavy atom. The lowest BCUT2D eigenvalue weighted by molar-refractivity contribution is 0.155. The van der Waals surface area contributed by atoms with Crippen molar-refractivity contribution in [2.75, 3.05) is 45.1 Å². The predicted octanol–water partition coefficient (Wildman–Crippen LogP) is 1.86. The summed E-state index contributed by atoms with van der Waals surface area (Å²) in [5.74, 6) is 0. The smallest absolute Gasteiger partial charge is 0.0110 e. The third-order valence-electron chi connectivity index (χ3n) is 2.20. The highest BCUT2D eigenvalue weighted by molar-refractivity contribution is 9.09. The van der Waals surface area contributed by atoms with Crippen molar-refractivity contribution in [1.82, 2.24) is 9.80 Å². The molecule has 0 aromatic rings. The Bertz CT molecular complexity index is 106. The molecule has 2 nitrogen and oxygen atoms in total. The van der Waals surface area contributed by atoms with Crippen LogP contribution in [0.15, 0.2) is 0 Å². The molecular weight excluding hydrogens is 275 g/mol. The van der Waals surface area contributed by atoms with Crippen LogP contribution in [0.5, 0.6) is 0 Å². The molecule has 0 spiro atoms. The highest BCUT2D eigenvalue weighted by Gasteiger charge is 2.11. The lowest BCUT2D eigenvalue weighted by atomic mass is 10.3. The summed E-state index contributed by atoms with van der Waals surface area (Å²) in [6.45, 7) is 6.25. The van der Waals surface area contributed by atoms with Crippen LogP contribution in [0.2, 0.25) is 0 Å². The van der Waals surface area contributed by atoms with Gasteiger partial charge in [-0.1, -0.05) is 15.9 Å². The van der Waals surface area contributed by atoms with Crippen molar-refractivity contribution in [2.45, 2.75) is 6.42 Å². The van der Waals surface area contributed by atoms with Crippen LogP contribution in [-0.2, 0) is 0 Å². The van der Waals surface area contributed by atoms with Gasteiger partial charge < -0.3 is 9.80 Å². The number of rotatable bonds is 3. The molecule has 82 valence electrons. The van der Waals surface area contributed by atoms with Crippen LogP contribution < -0.4 is 0 Å². The van der Waals surface area contributed by atoms with Gasteiger partial charge in [0.1, 0.15) is 0 Å². The second kappa shape index (κ2) is 9.53. The van der Waals surface area contributed by atoms with Crippen molar-refractivity contribution in [2.24, 2.45) is 0 Å². The summed E-state index contributed by atoms with van der Waals surface area (Å²) < 4.78 is 0. The molecule has 5 heteroatoms. The maximum absolute atomic E-state index is 3.45. The summed E-state index contributed by atoms with van der Waals surface area (Å²) in [5, 5.41) is 1.14. The standard InChI is InChI=1S/C8H17BrN2.2ClH/c1-10-5-7-11(8-6-10)4-2-3-9;;/h2-8H2,1H3;2*1H. The van der Waals surface area contributed by atoms with Gasteiger partial charge in [-0.15, -0.1) is 24.8 Å². The number of piperazine rings is 1. The first-order chi connectivity index (χ1) is 5.33. The molecule has 0 unspecified atom stereocenters. The normalized spacial score (nSPS) is 18.9. The van der Waals surface area contributed by atoms with Crippen LogP contribution in [0.1, 0.15) is 6.42 Å². The topological polar surface area (TPSA) is 6.48 Å². The number of nitrogens with zero attached hydrogens (tertiary/aromatic N) is 2. The molecule has 1 fully saturated rings. The predicted molar refractivity (Wildman–Crippen MR) is 66.8 cm³/mol. The summed E-state index contributed by atoms with van der Waals surface area (Å²) in [6, 6.07) is 0. The Kier molecular flexibility index (Phi) is 12.0. The van der Waals surface area contributed by atoms with E-state index in [1.807, 2.05) is 0 Å². The minimum absolute atomic E-state index is 0.